The first-order valence-corrected chi connectivity index (χ1v) is 6.50. The number of benzene rings is 1. The standard InChI is InChI=1S/C14H16N4O3/c1-10(2)21-14-7-13(16-9-17-14)15-8-11-3-5-12(6-4-11)18(19)20/h3-7,9-10H,8H2,1-2H3,(H,15,16,17). The molecule has 0 spiro atoms. The van der Waals surface area contributed by atoms with E-state index in [0.29, 0.717) is 18.2 Å². The number of hydrogen-bond donors (Lipinski definition) is 1. The molecule has 7 heteroatoms. The molecule has 0 radical (unpaired) electrons. The summed E-state index contributed by atoms with van der Waals surface area (Å²) < 4.78 is 5.48. The van der Waals surface area contributed by atoms with Gasteiger partial charge in [0.1, 0.15) is 12.1 Å². The molecule has 1 N–H and O–H groups in total. The summed E-state index contributed by atoms with van der Waals surface area (Å²) in [6.45, 7) is 4.36. The summed E-state index contributed by atoms with van der Waals surface area (Å²) in [7, 11) is 0. The summed E-state index contributed by atoms with van der Waals surface area (Å²) in [5.74, 6) is 1.14. The first kappa shape index (κ1) is 14.7. The third-order valence-electron chi connectivity index (χ3n) is 2.62. The second kappa shape index (κ2) is 6.65. The van der Waals surface area contributed by atoms with Crippen molar-refractivity contribution in [2.45, 2.75) is 26.5 Å². The Labute approximate surface area is 122 Å². The molecule has 0 saturated carbocycles. The van der Waals surface area contributed by atoms with Gasteiger partial charge in [-0.05, 0) is 19.4 Å². The number of nitro groups is 1. The summed E-state index contributed by atoms with van der Waals surface area (Å²) in [5, 5.41) is 13.7. The minimum Gasteiger partial charge on any atom is -0.475 e. The van der Waals surface area contributed by atoms with E-state index in [1.54, 1.807) is 18.2 Å². The average molecular weight is 288 g/mol. The molecule has 0 fully saturated rings. The van der Waals surface area contributed by atoms with E-state index in [4.69, 9.17) is 4.74 Å². The first-order chi connectivity index (χ1) is 10.0. The summed E-state index contributed by atoms with van der Waals surface area (Å²) in [4.78, 5) is 18.3. The van der Waals surface area contributed by atoms with Crippen molar-refractivity contribution in [1.29, 1.82) is 0 Å². The second-order valence-electron chi connectivity index (χ2n) is 4.69. The van der Waals surface area contributed by atoms with Crippen molar-refractivity contribution < 1.29 is 9.66 Å². The van der Waals surface area contributed by atoms with E-state index in [-0.39, 0.29) is 11.8 Å². The number of nitrogens with one attached hydrogen (secondary N) is 1. The van der Waals surface area contributed by atoms with E-state index >= 15 is 0 Å². The van der Waals surface area contributed by atoms with E-state index in [9.17, 15) is 10.1 Å². The van der Waals surface area contributed by atoms with E-state index < -0.39 is 4.92 Å². The van der Waals surface area contributed by atoms with Gasteiger partial charge in [-0.1, -0.05) is 12.1 Å². The predicted molar refractivity (Wildman–Crippen MR) is 78.2 cm³/mol. The lowest BCUT2D eigenvalue weighted by atomic mass is 10.2. The van der Waals surface area contributed by atoms with Crippen LogP contribution in [0.1, 0.15) is 19.4 Å². The maximum Gasteiger partial charge on any atom is 0.269 e. The smallest absolute Gasteiger partial charge is 0.269 e. The van der Waals surface area contributed by atoms with Gasteiger partial charge in [-0.3, -0.25) is 10.1 Å². The molecule has 0 atom stereocenters. The van der Waals surface area contributed by atoms with Crippen LogP contribution in [0.5, 0.6) is 5.88 Å². The van der Waals surface area contributed by atoms with Crippen molar-refractivity contribution in [1.82, 2.24) is 9.97 Å². The van der Waals surface area contributed by atoms with Gasteiger partial charge in [0.15, 0.2) is 0 Å². The fraction of sp³-hybridized carbons (Fsp3) is 0.286. The monoisotopic (exact) mass is 288 g/mol. The zero-order valence-electron chi connectivity index (χ0n) is 11.8. The Morgan fingerprint density at radius 3 is 2.62 bits per heavy atom. The highest BCUT2D eigenvalue weighted by atomic mass is 16.6. The van der Waals surface area contributed by atoms with Crippen LogP contribution in [0.15, 0.2) is 36.7 Å². The third kappa shape index (κ3) is 4.41. The van der Waals surface area contributed by atoms with Crippen LogP contribution in [0, 0.1) is 10.1 Å². The Bertz CT molecular complexity index is 614. The third-order valence-corrected chi connectivity index (χ3v) is 2.62. The number of hydrogen-bond acceptors (Lipinski definition) is 6. The van der Waals surface area contributed by atoms with Crippen LogP contribution in [0.3, 0.4) is 0 Å². The molecule has 2 rings (SSSR count). The number of non-ortho nitro benzene ring substituents is 1. The van der Waals surface area contributed by atoms with Crippen molar-refractivity contribution in [3.05, 3.63) is 52.3 Å². The number of aromatic nitrogens is 2. The fourth-order valence-electron chi connectivity index (χ4n) is 1.67. The summed E-state index contributed by atoms with van der Waals surface area (Å²) in [5.41, 5.74) is 0.999. The number of ether oxygens (including phenoxy) is 1. The van der Waals surface area contributed by atoms with Crippen LogP contribution in [0.25, 0.3) is 0 Å². The van der Waals surface area contributed by atoms with Gasteiger partial charge in [-0.25, -0.2) is 9.97 Å². The van der Waals surface area contributed by atoms with E-state index in [1.165, 1.54) is 18.5 Å². The highest BCUT2D eigenvalue weighted by Crippen LogP contribution is 2.15. The van der Waals surface area contributed by atoms with Gasteiger partial charge in [0.05, 0.1) is 11.0 Å². The lowest BCUT2D eigenvalue weighted by molar-refractivity contribution is -0.384. The molecule has 0 amide bonds. The molecule has 1 aromatic heterocycles. The molecule has 110 valence electrons. The molecule has 0 unspecified atom stereocenters. The predicted octanol–water partition coefficient (Wildman–Crippen LogP) is 2.78. The molecular formula is C14H16N4O3. The Morgan fingerprint density at radius 2 is 2.00 bits per heavy atom. The Balaban J connectivity index is 1.97. The average Bonchev–Trinajstić information content (AvgIpc) is 2.45. The van der Waals surface area contributed by atoms with Gasteiger partial charge < -0.3 is 10.1 Å². The topological polar surface area (TPSA) is 90.2 Å². The van der Waals surface area contributed by atoms with Crippen LogP contribution >= 0.6 is 0 Å². The van der Waals surface area contributed by atoms with E-state index in [1.807, 2.05) is 13.8 Å². The summed E-state index contributed by atoms with van der Waals surface area (Å²) in [6.07, 6.45) is 1.47. The zero-order chi connectivity index (χ0) is 15.2. The maximum absolute atomic E-state index is 10.6. The Kier molecular flexibility index (Phi) is 4.65. The van der Waals surface area contributed by atoms with Gasteiger partial charge in [-0.15, -0.1) is 0 Å². The van der Waals surface area contributed by atoms with Crippen molar-refractivity contribution in [2.75, 3.05) is 5.32 Å². The van der Waals surface area contributed by atoms with Crippen LogP contribution in [-0.4, -0.2) is 21.0 Å². The van der Waals surface area contributed by atoms with Gasteiger partial charge in [-0.2, -0.15) is 0 Å². The minimum atomic E-state index is -0.419. The van der Waals surface area contributed by atoms with Gasteiger partial charge >= 0.3 is 0 Å². The number of nitro benzene ring substituents is 1. The van der Waals surface area contributed by atoms with E-state index in [2.05, 4.69) is 15.3 Å². The molecule has 0 bridgehead atoms. The maximum atomic E-state index is 10.6. The number of anilines is 1. The molecular weight excluding hydrogens is 272 g/mol. The van der Waals surface area contributed by atoms with Crippen molar-refractivity contribution in [3.63, 3.8) is 0 Å². The van der Waals surface area contributed by atoms with Gasteiger partial charge in [0.25, 0.3) is 5.69 Å². The highest BCUT2D eigenvalue weighted by molar-refractivity contribution is 5.39. The summed E-state index contributed by atoms with van der Waals surface area (Å²) >= 11 is 0. The van der Waals surface area contributed by atoms with Gasteiger partial charge in [0.2, 0.25) is 5.88 Å². The molecule has 1 aromatic carbocycles. The van der Waals surface area contributed by atoms with Crippen molar-refractivity contribution >= 4 is 11.5 Å². The molecule has 0 aliphatic rings. The molecule has 0 aliphatic carbocycles. The van der Waals surface area contributed by atoms with Crippen molar-refractivity contribution in [2.24, 2.45) is 0 Å². The molecule has 2 aromatic rings. The molecule has 21 heavy (non-hydrogen) atoms. The minimum absolute atomic E-state index is 0.0439. The lowest BCUT2D eigenvalue weighted by Gasteiger charge is -2.10. The first-order valence-electron chi connectivity index (χ1n) is 6.50. The quantitative estimate of drug-likeness (QED) is 0.649. The summed E-state index contributed by atoms with van der Waals surface area (Å²) in [6, 6.07) is 8.08. The van der Waals surface area contributed by atoms with Crippen molar-refractivity contribution in [3.8, 4) is 5.88 Å². The van der Waals surface area contributed by atoms with E-state index in [0.717, 1.165) is 5.56 Å². The van der Waals surface area contributed by atoms with Crippen LogP contribution in [0.2, 0.25) is 0 Å². The molecule has 0 aliphatic heterocycles. The Morgan fingerprint density at radius 1 is 1.29 bits per heavy atom. The second-order valence-corrected chi connectivity index (χ2v) is 4.69. The van der Waals surface area contributed by atoms with Gasteiger partial charge in [0, 0.05) is 24.7 Å². The van der Waals surface area contributed by atoms with Crippen LogP contribution < -0.4 is 10.1 Å². The zero-order valence-corrected chi connectivity index (χ0v) is 11.8. The normalized spacial score (nSPS) is 10.4. The fourth-order valence-corrected chi connectivity index (χ4v) is 1.67. The van der Waals surface area contributed by atoms with Crippen LogP contribution in [0.4, 0.5) is 11.5 Å². The highest BCUT2D eigenvalue weighted by Gasteiger charge is 2.05. The number of rotatable bonds is 6. The molecule has 1 heterocycles. The largest absolute Gasteiger partial charge is 0.475 e. The van der Waals surface area contributed by atoms with Crippen LogP contribution in [-0.2, 0) is 6.54 Å². The molecule has 7 nitrogen and oxygen atoms in total. The lowest BCUT2D eigenvalue weighted by Crippen LogP contribution is -2.08. The SMILES string of the molecule is CC(C)Oc1cc(NCc2ccc([N+](=O)[O-])cc2)ncn1. The number of nitrogens with zero attached hydrogens (tertiary/aromatic N) is 3. The Hall–Kier alpha value is -2.70. The molecule has 0 saturated heterocycles.